The van der Waals surface area contributed by atoms with Crippen LogP contribution in [0.5, 0.6) is 0 Å². The average Bonchev–Trinajstić information content (AvgIpc) is 2.70. The molecule has 16 heavy (non-hydrogen) atoms. The summed E-state index contributed by atoms with van der Waals surface area (Å²) >= 11 is 0. The van der Waals surface area contributed by atoms with Crippen LogP contribution in [0.3, 0.4) is 0 Å². The number of esters is 1. The van der Waals surface area contributed by atoms with Crippen molar-refractivity contribution < 1.29 is 14.3 Å². The van der Waals surface area contributed by atoms with Crippen molar-refractivity contribution in [3.8, 4) is 0 Å². The highest BCUT2D eigenvalue weighted by molar-refractivity contribution is 6.32. The molecular formula is C10H15N3O3. The predicted molar refractivity (Wildman–Crippen MR) is 56.5 cm³/mol. The average molecular weight is 225 g/mol. The molecule has 0 saturated heterocycles. The fourth-order valence-electron chi connectivity index (χ4n) is 1.21. The van der Waals surface area contributed by atoms with Gasteiger partial charge in [0.15, 0.2) is 0 Å². The molecule has 0 saturated carbocycles. The summed E-state index contributed by atoms with van der Waals surface area (Å²) in [5.74, 6) is -1.57. The highest BCUT2D eigenvalue weighted by atomic mass is 16.5. The van der Waals surface area contributed by atoms with Crippen LogP contribution in [0, 0.1) is 0 Å². The zero-order chi connectivity index (χ0) is 12.0. The first-order valence-electron chi connectivity index (χ1n) is 5.08. The van der Waals surface area contributed by atoms with E-state index in [0.29, 0.717) is 6.54 Å². The Hall–Kier alpha value is -1.85. The van der Waals surface area contributed by atoms with Gasteiger partial charge in [-0.1, -0.05) is 0 Å². The second-order valence-corrected chi connectivity index (χ2v) is 3.32. The van der Waals surface area contributed by atoms with E-state index >= 15 is 0 Å². The Morgan fingerprint density at radius 1 is 1.56 bits per heavy atom. The molecule has 0 aromatic carbocycles. The standard InChI is InChI=1S/C10H15N3O3/c1-3-16-10(15)9(14)12-8(2)7-13-6-4-5-11-13/h4-6,8H,3,7H2,1-2H3,(H,12,14). The van der Waals surface area contributed by atoms with Gasteiger partial charge in [0, 0.05) is 18.4 Å². The summed E-state index contributed by atoms with van der Waals surface area (Å²) in [6.07, 6.45) is 3.44. The van der Waals surface area contributed by atoms with Gasteiger partial charge in [-0.15, -0.1) is 0 Å². The van der Waals surface area contributed by atoms with Crippen LogP contribution in [-0.2, 0) is 20.9 Å². The van der Waals surface area contributed by atoms with E-state index in [4.69, 9.17) is 0 Å². The van der Waals surface area contributed by atoms with Gasteiger partial charge in [0.2, 0.25) is 0 Å². The highest BCUT2D eigenvalue weighted by Gasteiger charge is 2.17. The first kappa shape index (κ1) is 12.2. The van der Waals surface area contributed by atoms with Crippen LogP contribution in [-0.4, -0.2) is 34.3 Å². The van der Waals surface area contributed by atoms with Gasteiger partial charge < -0.3 is 10.1 Å². The van der Waals surface area contributed by atoms with Crippen LogP contribution >= 0.6 is 0 Å². The zero-order valence-corrected chi connectivity index (χ0v) is 9.34. The van der Waals surface area contributed by atoms with Crippen molar-refractivity contribution >= 4 is 11.9 Å². The van der Waals surface area contributed by atoms with Crippen molar-refractivity contribution in [2.24, 2.45) is 0 Å². The van der Waals surface area contributed by atoms with Gasteiger partial charge in [0.05, 0.1) is 13.2 Å². The Balaban J connectivity index is 2.36. The zero-order valence-electron chi connectivity index (χ0n) is 9.34. The summed E-state index contributed by atoms with van der Waals surface area (Å²) in [5.41, 5.74) is 0. The van der Waals surface area contributed by atoms with Crippen LogP contribution in [0.15, 0.2) is 18.5 Å². The van der Waals surface area contributed by atoms with Crippen LogP contribution in [0.1, 0.15) is 13.8 Å². The molecule has 0 aliphatic rings. The molecule has 0 spiro atoms. The molecule has 0 radical (unpaired) electrons. The van der Waals surface area contributed by atoms with Gasteiger partial charge in [0.25, 0.3) is 0 Å². The summed E-state index contributed by atoms with van der Waals surface area (Å²) in [5, 5.41) is 6.52. The molecule has 0 aliphatic carbocycles. The van der Waals surface area contributed by atoms with Crippen LogP contribution in [0.4, 0.5) is 0 Å². The van der Waals surface area contributed by atoms with E-state index in [1.54, 1.807) is 37.0 Å². The number of amides is 1. The molecule has 1 unspecified atom stereocenters. The third-order valence-corrected chi connectivity index (χ3v) is 1.86. The fraction of sp³-hybridized carbons (Fsp3) is 0.500. The van der Waals surface area contributed by atoms with Gasteiger partial charge in [-0.2, -0.15) is 5.10 Å². The Bertz CT molecular complexity index is 348. The molecule has 1 atom stereocenters. The summed E-state index contributed by atoms with van der Waals surface area (Å²) in [6, 6.07) is 1.61. The molecule has 6 nitrogen and oxygen atoms in total. The molecule has 1 heterocycles. The minimum absolute atomic E-state index is 0.184. The lowest BCUT2D eigenvalue weighted by atomic mass is 10.3. The van der Waals surface area contributed by atoms with Gasteiger partial charge in [-0.05, 0) is 19.9 Å². The molecule has 1 amide bonds. The molecular weight excluding hydrogens is 210 g/mol. The lowest BCUT2D eigenvalue weighted by molar-refractivity contribution is -0.154. The normalized spacial score (nSPS) is 11.9. The lowest BCUT2D eigenvalue weighted by Crippen LogP contribution is -2.40. The van der Waals surface area contributed by atoms with E-state index in [9.17, 15) is 9.59 Å². The predicted octanol–water partition coefficient (Wildman–Crippen LogP) is -0.0491. The summed E-state index contributed by atoms with van der Waals surface area (Å²) in [7, 11) is 0. The quantitative estimate of drug-likeness (QED) is 0.576. The van der Waals surface area contributed by atoms with Crippen molar-refractivity contribution in [2.75, 3.05) is 6.61 Å². The Morgan fingerprint density at radius 2 is 2.31 bits per heavy atom. The number of hydrogen-bond donors (Lipinski definition) is 1. The topological polar surface area (TPSA) is 73.2 Å². The smallest absolute Gasteiger partial charge is 0.396 e. The van der Waals surface area contributed by atoms with E-state index in [2.05, 4.69) is 15.2 Å². The number of hydrogen-bond acceptors (Lipinski definition) is 4. The number of aromatic nitrogens is 2. The van der Waals surface area contributed by atoms with E-state index < -0.39 is 11.9 Å². The van der Waals surface area contributed by atoms with Crippen LogP contribution < -0.4 is 5.32 Å². The summed E-state index contributed by atoms with van der Waals surface area (Å²) in [4.78, 5) is 22.3. The number of carbonyl (C=O) groups is 2. The van der Waals surface area contributed by atoms with Gasteiger partial charge in [0.1, 0.15) is 0 Å². The maximum Gasteiger partial charge on any atom is 0.396 e. The molecule has 1 aromatic rings. The van der Waals surface area contributed by atoms with Crippen molar-refractivity contribution in [2.45, 2.75) is 26.4 Å². The number of nitrogens with zero attached hydrogens (tertiary/aromatic N) is 2. The molecule has 6 heteroatoms. The van der Waals surface area contributed by atoms with E-state index in [1.807, 2.05) is 0 Å². The first-order chi connectivity index (χ1) is 7.63. The largest absolute Gasteiger partial charge is 0.459 e. The third kappa shape index (κ3) is 3.72. The second kappa shape index (κ2) is 5.89. The SMILES string of the molecule is CCOC(=O)C(=O)NC(C)Cn1cccn1. The monoisotopic (exact) mass is 225 g/mol. The molecule has 88 valence electrons. The molecule has 1 aromatic heterocycles. The van der Waals surface area contributed by atoms with Crippen molar-refractivity contribution in [3.05, 3.63) is 18.5 Å². The van der Waals surface area contributed by atoms with Gasteiger partial charge in [-0.25, -0.2) is 4.79 Å². The third-order valence-electron chi connectivity index (χ3n) is 1.86. The van der Waals surface area contributed by atoms with Crippen LogP contribution in [0.2, 0.25) is 0 Å². The van der Waals surface area contributed by atoms with Crippen molar-refractivity contribution in [1.29, 1.82) is 0 Å². The minimum atomic E-state index is -0.852. The molecule has 0 fully saturated rings. The van der Waals surface area contributed by atoms with Gasteiger partial charge >= 0.3 is 11.9 Å². The van der Waals surface area contributed by atoms with E-state index in [1.165, 1.54) is 0 Å². The fourth-order valence-corrected chi connectivity index (χ4v) is 1.21. The Labute approximate surface area is 93.6 Å². The Kier molecular flexibility index (Phi) is 4.50. The van der Waals surface area contributed by atoms with Crippen molar-refractivity contribution in [3.63, 3.8) is 0 Å². The van der Waals surface area contributed by atoms with Crippen LogP contribution in [0.25, 0.3) is 0 Å². The highest BCUT2D eigenvalue weighted by Crippen LogP contribution is 1.91. The Morgan fingerprint density at radius 3 is 2.88 bits per heavy atom. The summed E-state index contributed by atoms with van der Waals surface area (Å²) < 4.78 is 6.24. The summed E-state index contributed by atoms with van der Waals surface area (Å²) in [6.45, 7) is 4.15. The number of rotatable bonds is 4. The number of nitrogens with one attached hydrogen (secondary N) is 1. The molecule has 1 rings (SSSR count). The maximum absolute atomic E-state index is 11.3. The number of carbonyl (C=O) groups excluding carboxylic acids is 2. The van der Waals surface area contributed by atoms with Gasteiger partial charge in [-0.3, -0.25) is 9.48 Å². The van der Waals surface area contributed by atoms with E-state index in [-0.39, 0.29) is 12.6 Å². The second-order valence-electron chi connectivity index (χ2n) is 3.32. The molecule has 1 N–H and O–H groups in total. The number of ether oxygens (including phenoxy) is 1. The molecule has 0 aliphatic heterocycles. The van der Waals surface area contributed by atoms with Crippen molar-refractivity contribution in [1.82, 2.24) is 15.1 Å². The minimum Gasteiger partial charge on any atom is -0.459 e. The lowest BCUT2D eigenvalue weighted by Gasteiger charge is -2.12. The first-order valence-corrected chi connectivity index (χ1v) is 5.08. The molecule has 0 bridgehead atoms. The van der Waals surface area contributed by atoms with E-state index in [0.717, 1.165) is 0 Å². The maximum atomic E-state index is 11.3.